The van der Waals surface area contributed by atoms with Crippen molar-refractivity contribution in [3.8, 4) is 0 Å². The van der Waals surface area contributed by atoms with Crippen LogP contribution in [0.15, 0.2) is 35.2 Å². The first kappa shape index (κ1) is 15.0. The van der Waals surface area contributed by atoms with E-state index in [1.807, 2.05) is 0 Å². The fourth-order valence-electron chi connectivity index (χ4n) is 2.18. The Morgan fingerprint density at radius 1 is 1.15 bits per heavy atom. The molecular weight excluding hydrogens is 278 g/mol. The average Bonchev–Trinajstić information content (AvgIpc) is 2.47. The highest BCUT2D eigenvalue weighted by atomic mass is 32.2. The molecule has 1 aromatic carbocycles. The van der Waals surface area contributed by atoms with Gasteiger partial charge >= 0.3 is 0 Å². The van der Waals surface area contributed by atoms with Crippen LogP contribution < -0.4 is 5.73 Å². The summed E-state index contributed by atoms with van der Waals surface area (Å²) < 4.78 is 26.2. The van der Waals surface area contributed by atoms with Crippen molar-refractivity contribution in [3.05, 3.63) is 30.3 Å². The van der Waals surface area contributed by atoms with Gasteiger partial charge in [-0.25, -0.2) is 8.42 Å². The van der Waals surface area contributed by atoms with Crippen molar-refractivity contribution in [3.63, 3.8) is 0 Å². The number of hydrogen-bond acceptors (Lipinski definition) is 4. The van der Waals surface area contributed by atoms with Crippen LogP contribution in [0.25, 0.3) is 0 Å². The zero-order valence-corrected chi connectivity index (χ0v) is 12.2. The van der Waals surface area contributed by atoms with Crippen LogP contribution in [0.2, 0.25) is 0 Å². The van der Waals surface area contributed by atoms with Gasteiger partial charge in [-0.05, 0) is 19.1 Å². The van der Waals surface area contributed by atoms with Gasteiger partial charge in [0.2, 0.25) is 15.9 Å². The van der Waals surface area contributed by atoms with E-state index in [1.54, 1.807) is 42.2 Å². The minimum atomic E-state index is -3.47. The lowest BCUT2D eigenvalue weighted by Crippen LogP contribution is -2.53. The summed E-state index contributed by atoms with van der Waals surface area (Å²) >= 11 is 0. The van der Waals surface area contributed by atoms with Gasteiger partial charge in [0.15, 0.2) is 0 Å². The molecule has 1 amide bonds. The van der Waals surface area contributed by atoms with Gasteiger partial charge in [-0.15, -0.1) is 0 Å². The maximum absolute atomic E-state index is 12.4. The van der Waals surface area contributed by atoms with E-state index in [2.05, 4.69) is 0 Å². The maximum Gasteiger partial charge on any atom is 0.243 e. The summed E-state index contributed by atoms with van der Waals surface area (Å²) in [5.41, 5.74) is 5.56. The van der Waals surface area contributed by atoms with Crippen molar-refractivity contribution in [1.29, 1.82) is 0 Å². The molecule has 0 aliphatic carbocycles. The Morgan fingerprint density at radius 2 is 1.70 bits per heavy atom. The van der Waals surface area contributed by atoms with Crippen LogP contribution in [0.1, 0.15) is 6.92 Å². The third kappa shape index (κ3) is 3.00. The topological polar surface area (TPSA) is 83.7 Å². The van der Waals surface area contributed by atoms with Gasteiger partial charge in [0, 0.05) is 26.2 Å². The van der Waals surface area contributed by atoms with E-state index in [1.165, 1.54) is 4.31 Å². The molecule has 6 nitrogen and oxygen atoms in total. The summed E-state index contributed by atoms with van der Waals surface area (Å²) in [6.45, 7) is 3.00. The van der Waals surface area contributed by atoms with E-state index >= 15 is 0 Å². The van der Waals surface area contributed by atoms with Crippen molar-refractivity contribution >= 4 is 15.9 Å². The number of rotatable bonds is 3. The third-order valence-corrected chi connectivity index (χ3v) is 5.23. The normalized spacial score (nSPS) is 18.8. The van der Waals surface area contributed by atoms with Crippen LogP contribution >= 0.6 is 0 Å². The molecule has 1 fully saturated rings. The minimum absolute atomic E-state index is 0.137. The highest BCUT2D eigenvalue weighted by molar-refractivity contribution is 7.89. The van der Waals surface area contributed by atoms with Gasteiger partial charge in [0.05, 0.1) is 10.9 Å². The summed E-state index contributed by atoms with van der Waals surface area (Å²) in [5.74, 6) is -0.137. The lowest BCUT2D eigenvalue weighted by atomic mass is 10.2. The molecule has 1 saturated heterocycles. The predicted octanol–water partition coefficient (Wildman–Crippen LogP) is -0.133. The van der Waals surface area contributed by atoms with E-state index in [4.69, 9.17) is 5.73 Å². The molecule has 0 saturated carbocycles. The van der Waals surface area contributed by atoms with Crippen LogP contribution in [0.4, 0.5) is 0 Å². The molecule has 2 rings (SSSR count). The molecule has 1 aliphatic rings. The highest BCUT2D eigenvalue weighted by Crippen LogP contribution is 2.17. The van der Waals surface area contributed by atoms with Crippen LogP contribution in [0, 0.1) is 0 Å². The van der Waals surface area contributed by atoms with Crippen LogP contribution in [0.5, 0.6) is 0 Å². The summed E-state index contributed by atoms with van der Waals surface area (Å²) in [5, 5.41) is 0. The van der Waals surface area contributed by atoms with Crippen LogP contribution in [0.3, 0.4) is 0 Å². The predicted molar refractivity (Wildman–Crippen MR) is 75.4 cm³/mol. The lowest BCUT2D eigenvalue weighted by Gasteiger charge is -2.34. The second kappa shape index (κ2) is 5.90. The van der Waals surface area contributed by atoms with E-state index < -0.39 is 16.1 Å². The summed E-state index contributed by atoms with van der Waals surface area (Å²) in [4.78, 5) is 13.7. The maximum atomic E-state index is 12.4. The SMILES string of the molecule is C[C@H](N)C(=O)N1CCN(S(=O)(=O)c2ccccc2)CC1. The Labute approximate surface area is 119 Å². The Bertz CT molecular complexity index is 564. The van der Waals surface area contributed by atoms with Crippen molar-refractivity contribution in [2.45, 2.75) is 17.9 Å². The first-order chi connectivity index (χ1) is 9.43. The van der Waals surface area contributed by atoms with E-state index in [-0.39, 0.29) is 10.8 Å². The molecule has 0 radical (unpaired) electrons. The quantitative estimate of drug-likeness (QED) is 0.842. The Kier molecular flexibility index (Phi) is 4.42. The number of hydrogen-bond donors (Lipinski definition) is 1. The van der Waals surface area contributed by atoms with E-state index in [0.29, 0.717) is 26.2 Å². The molecule has 1 heterocycles. The number of sulfonamides is 1. The van der Waals surface area contributed by atoms with Crippen molar-refractivity contribution in [1.82, 2.24) is 9.21 Å². The zero-order valence-electron chi connectivity index (χ0n) is 11.4. The second-order valence-electron chi connectivity index (χ2n) is 4.83. The number of benzene rings is 1. The first-order valence-electron chi connectivity index (χ1n) is 6.52. The monoisotopic (exact) mass is 297 g/mol. The number of piperazine rings is 1. The molecule has 20 heavy (non-hydrogen) atoms. The van der Waals surface area contributed by atoms with Gasteiger partial charge in [0.1, 0.15) is 0 Å². The van der Waals surface area contributed by atoms with Crippen LogP contribution in [-0.4, -0.2) is 55.8 Å². The molecule has 0 aromatic heterocycles. The standard InChI is InChI=1S/C13H19N3O3S/c1-11(14)13(17)15-7-9-16(10-8-15)20(18,19)12-5-3-2-4-6-12/h2-6,11H,7-10,14H2,1H3/t11-/m0/s1. The zero-order chi connectivity index (χ0) is 14.8. The summed E-state index contributed by atoms with van der Waals surface area (Å²) in [6, 6.07) is 7.78. The third-order valence-electron chi connectivity index (χ3n) is 3.32. The molecule has 2 N–H and O–H groups in total. The number of nitrogens with two attached hydrogens (primary N) is 1. The first-order valence-corrected chi connectivity index (χ1v) is 7.96. The lowest BCUT2D eigenvalue weighted by molar-refractivity contribution is -0.133. The van der Waals surface area contributed by atoms with E-state index in [9.17, 15) is 13.2 Å². The molecule has 1 aliphatic heterocycles. The number of carbonyl (C=O) groups excluding carboxylic acids is 1. The Balaban J connectivity index is 2.06. The Morgan fingerprint density at radius 3 is 2.20 bits per heavy atom. The Hall–Kier alpha value is -1.44. The molecule has 7 heteroatoms. The fourth-order valence-corrected chi connectivity index (χ4v) is 3.62. The smallest absolute Gasteiger partial charge is 0.243 e. The highest BCUT2D eigenvalue weighted by Gasteiger charge is 2.30. The number of carbonyl (C=O) groups is 1. The van der Waals surface area contributed by atoms with Gasteiger partial charge < -0.3 is 10.6 Å². The largest absolute Gasteiger partial charge is 0.339 e. The summed E-state index contributed by atoms with van der Waals surface area (Å²) in [6.07, 6.45) is 0. The van der Waals surface area contributed by atoms with Crippen molar-refractivity contribution in [2.24, 2.45) is 5.73 Å². The van der Waals surface area contributed by atoms with Gasteiger partial charge in [0.25, 0.3) is 0 Å². The molecular formula is C13H19N3O3S. The molecule has 0 unspecified atom stereocenters. The molecule has 1 atom stereocenters. The average molecular weight is 297 g/mol. The van der Waals surface area contributed by atoms with Gasteiger partial charge in [-0.3, -0.25) is 4.79 Å². The van der Waals surface area contributed by atoms with Gasteiger partial charge in [-0.1, -0.05) is 18.2 Å². The minimum Gasteiger partial charge on any atom is -0.339 e. The van der Waals surface area contributed by atoms with Crippen LogP contribution in [-0.2, 0) is 14.8 Å². The molecule has 0 bridgehead atoms. The van der Waals surface area contributed by atoms with Gasteiger partial charge in [-0.2, -0.15) is 4.31 Å². The van der Waals surface area contributed by atoms with Crippen molar-refractivity contribution in [2.75, 3.05) is 26.2 Å². The number of nitrogens with zero attached hydrogens (tertiary/aromatic N) is 2. The van der Waals surface area contributed by atoms with Crippen molar-refractivity contribution < 1.29 is 13.2 Å². The number of amides is 1. The summed E-state index contributed by atoms with van der Waals surface area (Å²) in [7, 11) is -3.47. The van der Waals surface area contributed by atoms with E-state index in [0.717, 1.165) is 0 Å². The molecule has 110 valence electrons. The molecule has 1 aromatic rings. The second-order valence-corrected chi connectivity index (χ2v) is 6.77. The molecule has 0 spiro atoms. The fraction of sp³-hybridized carbons (Fsp3) is 0.462.